The van der Waals surface area contributed by atoms with E-state index < -0.39 is 27.4 Å². The molecule has 0 atom stereocenters. The van der Waals surface area contributed by atoms with Crippen LogP contribution in [0.25, 0.3) is 0 Å². The molecule has 0 unspecified atom stereocenters. The number of nitrogens with one attached hydrogen (secondary N) is 1. The summed E-state index contributed by atoms with van der Waals surface area (Å²) in [6.07, 6.45) is 1.33. The van der Waals surface area contributed by atoms with E-state index in [1.165, 1.54) is 12.1 Å². The molecule has 2 rings (SSSR count). The van der Waals surface area contributed by atoms with Gasteiger partial charge in [-0.3, -0.25) is 4.79 Å². The van der Waals surface area contributed by atoms with Gasteiger partial charge < -0.3 is 14.8 Å². The Labute approximate surface area is 155 Å². The molecule has 1 aliphatic carbocycles. The second-order valence-corrected chi connectivity index (χ2v) is 8.77. The molecule has 26 heavy (non-hydrogen) atoms. The minimum atomic E-state index is -3.52. The molecule has 0 saturated heterocycles. The van der Waals surface area contributed by atoms with E-state index in [1.807, 2.05) is 6.92 Å². The Hall–Kier alpha value is -2.09. The monoisotopic (exact) mass is 385 g/mol. The molecule has 0 spiro atoms. The van der Waals surface area contributed by atoms with Crippen LogP contribution in [0.5, 0.6) is 0 Å². The summed E-state index contributed by atoms with van der Waals surface area (Å²) in [5.41, 5.74) is -0.652. The van der Waals surface area contributed by atoms with E-state index in [2.05, 4.69) is 5.32 Å². The molecule has 8 heteroatoms. The highest BCUT2D eigenvalue weighted by Crippen LogP contribution is 2.29. The lowest BCUT2D eigenvalue weighted by atomic mass is 10.2. The van der Waals surface area contributed by atoms with Gasteiger partial charge in [0.1, 0.15) is 11.5 Å². The largest absolute Gasteiger partial charge is 0.466 e. The standard InChI is InChI=1S/C12H17NO4S.C6H10O2/c1-12(2,3)17-11(14)13-9-18(15,16)10-7-5-4-6-8-10;1-2-8-6(7)5-3-4-5/h4-8H,9H2,1-3H3,(H,13,14);5H,2-4H2,1H3. The molecule has 7 nitrogen and oxygen atoms in total. The molecule has 0 radical (unpaired) electrons. The van der Waals surface area contributed by atoms with Crippen molar-refractivity contribution in [3.63, 3.8) is 0 Å². The number of carbonyl (C=O) groups is 2. The van der Waals surface area contributed by atoms with E-state index in [0.717, 1.165) is 12.8 Å². The minimum absolute atomic E-state index is 0.00694. The van der Waals surface area contributed by atoms with Crippen molar-refractivity contribution in [2.75, 3.05) is 12.5 Å². The van der Waals surface area contributed by atoms with Gasteiger partial charge in [-0.05, 0) is 52.7 Å². The number of benzene rings is 1. The fourth-order valence-corrected chi connectivity index (χ4v) is 2.80. The Kier molecular flexibility index (Phi) is 8.08. The van der Waals surface area contributed by atoms with Gasteiger partial charge in [-0.15, -0.1) is 0 Å². The predicted molar refractivity (Wildman–Crippen MR) is 97.2 cm³/mol. The molecule has 1 aromatic rings. The summed E-state index contributed by atoms with van der Waals surface area (Å²) in [4.78, 5) is 22.1. The van der Waals surface area contributed by atoms with Gasteiger partial charge in [0.05, 0.1) is 17.4 Å². The Morgan fingerprint density at radius 3 is 2.19 bits per heavy atom. The van der Waals surface area contributed by atoms with Gasteiger partial charge in [0.2, 0.25) is 0 Å². The maximum atomic E-state index is 11.8. The highest BCUT2D eigenvalue weighted by atomic mass is 32.2. The van der Waals surface area contributed by atoms with Crippen molar-refractivity contribution in [1.29, 1.82) is 0 Å². The van der Waals surface area contributed by atoms with E-state index in [-0.39, 0.29) is 16.8 Å². The number of hydrogen-bond acceptors (Lipinski definition) is 6. The highest BCUT2D eigenvalue weighted by Gasteiger charge is 2.30. The third kappa shape index (κ3) is 8.84. The number of ether oxygens (including phenoxy) is 2. The van der Waals surface area contributed by atoms with Gasteiger partial charge in [-0.1, -0.05) is 18.2 Å². The summed E-state index contributed by atoms with van der Waals surface area (Å²) in [6, 6.07) is 7.93. The first-order chi connectivity index (χ1) is 12.0. The third-order valence-electron chi connectivity index (χ3n) is 3.11. The van der Waals surface area contributed by atoms with Crippen molar-refractivity contribution in [3.05, 3.63) is 30.3 Å². The van der Waals surface area contributed by atoms with E-state index >= 15 is 0 Å². The minimum Gasteiger partial charge on any atom is -0.466 e. The molecular weight excluding hydrogens is 358 g/mol. The van der Waals surface area contributed by atoms with E-state index in [9.17, 15) is 18.0 Å². The maximum absolute atomic E-state index is 11.8. The van der Waals surface area contributed by atoms with Gasteiger partial charge in [-0.2, -0.15) is 0 Å². The van der Waals surface area contributed by atoms with Crippen molar-refractivity contribution in [3.8, 4) is 0 Å². The van der Waals surface area contributed by atoms with Gasteiger partial charge in [0, 0.05) is 0 Å². The number of hydrogen-bond donors (Lipinski definition) is 1. The first-order valence-electron chi connectivity index (χ1n) is 8.46. The first-order valence-corrected chi connectivity index (χ1v) is 10.1. The fourth-order valence-electron chi connectivity index (χ4n) is 1.76. The van der Waals surface area contributed by atoms with Crippen LogP contribution < -0.4 is 5.32 Å². The molecule has 1 aromatic carbocycles. The number of sulfone groups is 1. The average Bonchev–Trinajstić information content (AvgIpc) is 3.38. The molecule has 0 bridgehead atoms. The van der Waals surface area contributed by atoms with Gasteiger partial charge in [0.25, 0.3) is 0 Å². The van der Waals surface area contributed by atoms with Crippen LogP contribution in [-0.4, -0.2) is 38.6 Å². The van der Waals surface area contributed by atoms with Gasteiger partial charge in [-0.25, -0.2) is 13.2 Å². The van der Waals surface area contributed by atoms with Crippen LogP contribution in [0.15, 0.2) is 35.2 Å². The Bertz CT molecular complexity index is 690. The van der Waals surface area contributed by atoms with Crippen molar-refractivity contribution in [2.24, 2.45) is 5.92 Å². The van der Waals surface area contributed by atoms with Crippen molar-refractivity contribution in [1.82, 2.24) is 5.32 Å². The number of esters is 1. The van der Waals surface area contributed by atoms with Gasteiger partial charge in [0.15, 0.2) is 9.84 Å². The van der Waals surface area contributed by atoms with Gasteiger partial charge >= 0.3 is 12.1 Å². The topological polar surface area (TPSA) is 98.8 Å². The summed E-state index contributed by atoms with van der Waals surface area (Å²) >= 11 is 0. The number of amides is 1. The lowest BCUT2D eigenvalue weighted by molar-refractivity contribution is -0.144. The number of rotatable bonds is 5. The Morgan fingerprint density at radius 2 is 1.73 bits per heavy atom. The van der Waals surface area contributed by atoms with Crippen LogP contribution in [0.3, 0.4) is 0 Å². The van der Waals surface area contributed by atoms with Crippen LogP contribution in [0, 0.1) is 5.92 Å². The molecule has 1 N–H and O–H groups in total. The smallest absolute Gasteiger partial charge is 0.408 e. The molecule has 1 amide bonds. The van der Waals surface area contributed by atoms with Crippen molar-refractivity contribution < 1.29 is 27.5 Å². The fraction of sp³-hybridized carbons (Fsp3) is 0.556. The third-order valence-corrected chi connectivity index (χ3v) is 4.62. The molecule has 1 saturated carbocycles. The molecule has 146 valence electrons. The zero-order valence-electron chi connectivity index (χ0n) is 15.7. The van der Waals surface area contributed by atoms with Crippen molar-refractivity contribution in [2.45, 2.75) is 51.0 Å². The summed E-state index contributed by atoms with van der Waals surface area (Å²) in [5.74, 6) is -0.228. The van der Waals surface area contributed by atoms with E-state index in [4.69, 9.17) is 9.47 Å². The van der Waals surface area contributed by atoms with Crippen LogP contribution in [0.2, 0.25) is 0 Å². The molecular formula is C18H27NO6S. The predicted octanol–water partition coefficient (Wildman–Crippen LogP) is 2.90. The first kappa shape index (κ1) is 22.0. The lowest BCUT2D eigenvalue weighted by Gasteiger charge is -2.19. The SMILES string of the molecule is CC(C)(C)OC(=O)NCS(=O)(=O)c1ccccc1.CCOC(=O)C1CC1. The Morgan fingerprint density at radius 1 is 1.15 bits per heavy atom. The van der Waals surface area contributed by atoms with E-state index in [0.29, 0.717) is 6.61 Å². The normalized spacial score (nSPS) is 13.8. The second-order valence-electron chi connectivity index (χ2n) is 6.78. The molecule has 0 aliphatic heterocycles. The molecule has 0 aromatic heterocycles. The summed E-state index contributed by atoms with van der Waals surface area (Å²) < 4.78 is 33.3. The highest BCUT2D eigenvalue weighted by molar-refractivity contribution is 7.91. The maximum Gasteiger partial charge on any atom is 0.408 e. The van der Waals surface area contributed by atoms with Crippen LogP contribution in [-0.2, 0) is 24.1 Å². The summed E-state index contributed by atoms with van der Waals surface area (Å²) in [6.45, 7) is 7.48. The van der Waals surface area contributed by atoms with E-state index in [1.54, 1.807) is 39.0 Å². The summed E-state index contributed by atoms with van der Waals surface area (Å²) in [5, 5.41) is 2.23. The zero-order chi connectivity index (χ0) is 19.8. The Balaban J connectivity index is 0.000000350. The number of alkyl carbamates (subject to hydrolysis) is 1. The lowest BCUT2D eigenvalue weighted by Crippen LogP contribution is -2.35. The average molecular weight is 385 g/mol. The quantitative estimate of drug-likeness (QED) is 0.783. The summed E-state index contributed by atoms with van der Waals surface area (Å²) in [7, 11) is -3.52. The van der Waals surface area contributed by atoms with Crippen molar-refractivity contribution >= 4 is 21.9 Å². The van der Waals surface area contributed by atoms with Crippen LogP contribution in [0.4, 0.5) is 4.79 Å². The van der Waals surface area contributed by atoms with Crippen LogP contribution >= 0.6 is 0 Å². The van der Waals surface area contributed by atoms with Crippen LogP contribution in [0.1, 0.15) is 40.5 Å². The number of carbonyl (C=O) groups excluding carboxylic acids is 2. The molecule has 0 heterocycles. The molecule has 1 aliphatic rings. The zero-order valence-corrected chi connectivity index (χ0v) is 16.5. The molecule has 1 fully saturated rings. The second kappa shape index (κ2) is 9.56.